The van der Waals surface area contributed by atoms with Gasteiger partial charge in [-0.25, -0.2) is 0 Å². The SMILES string of the molecule is Cc1ccc(/C=C2\Oc3c(ccc(OC(=O)CCc4cc(Cl)no4)c3C)C2=O)cc1. The first kappa shape index (κ1) is 19.9. The highest BCUT2D eigenvalue weighted by atomic mass is 35.5. The van der Waals surface area contributed by atoms with Crippen LogP contribution in [0.1, 0.15) is 39.2 Å². The van der Waals surface area contributed by atoms with Crippen LogP contribution >= 0.6 is 11.6 Å². The summed E-state index contributed by atoms with van der Waals surface area (Å²) in [7, 11) is 0. The Morgan fingerprint density at radius 2 is 1.93 bits per heavy atom. The van der Waals surface area contributed by atoms with Crippen molar-refractivity contribution in [3.05, 3.63) is 81.4 Å². The molecular weight excluding hydrogens is 406 g/mol. The van der Waals surface area contributed by atoms with Gasteiger partial charge in [-0.1, -0.05) is 46.6 Å². The van der Waals surface area contributed by atoms with Gasteiger partial charge in [-0.2, -0.15) is 0 Å². The Morgan fingerprint density at radius 3 is 2.63 bits per heavy atom. The number of allylic oxidation sites excluding steroid dienone is 1. The number of carbonyl (C=O) groups excluding carboxylic acids is 2. The maximum absolute atomic E-state index is 12.7. The molecule has 1 aromatic heterocycles. The van der Waals surface area contributed by atoms with Crippen LogP contribution in [0, 0.1) is 13.8 Å². The Balaban J connectivity index is 1.48. The van der Waals surface area contributed by atoms with Crippen molar-refractivity contribution in [3.8, 4) is 11.5 Å². The third kappa shape index (κ3) is 4.14. The Morgan fingerprint density at radius 1 is 1.17 bits per heavy atom. The average Bonchev–Trinajstić information content (AvgIpc) is 3.28. The van der Waals surface area contributed by atoms with Gasteiger partial charge in [-0.15, -0.1) is 0 Å². The van der Waals surface area contributed by atoms with Gasteiger partial charge in [0.25, 0.3) is 0 Å². The first-order valence-corrected chi connectivity index (χ1v) is 9.75. The van der Waals surface area contributed by atoms with E-state index in [1.165, 1.54) is 0 Å². The van der Waals surface area contributed by atoms with Gasteiger partial charge in [0.15, 0.2) is 10.9 Å². The normalized spacial score (nSPS) is 14.0. The number of carbonyl (C=O) groups is 2. The van der Waals surface area contributed by atoms with E-state index in [0.29, 0.717) is 34.8 Å². The van der Waals surface area contributed by atoms with Gasteiger partial charge in [0, 0.05) is 18.1 Å². The molecule has 0 atom stereocenters. The molecule has 0 unspecified atom stereocenters. The molecule has 1 aliphatic heterocycles. The van der Waals surface area contributed by atoms with E-state index in [2.05, 4.69) is 5.16 Å². The van der Waals surface area contributed by atoms with Gasteiger partial charge in [-0.3, -0.25) is 9.59 Å². The van der Waals surface area contributed by atoms with E-state index in [1.807, 2.05) is 31.2 Å². The molecule has 3 aromatic rings. The highest BCUT2D eigenvalue weighted by molar-refractivity contribution is 6.29. The summed E-state index contributed by atoms with van der Waals surface area (Å²) in [6.07, 6.45) is 2.12. The number of Topliss-reactive ketones (excluding diaryl/α,β-unsaturated/α-hetero) is 1. The van der Waals surface area contributed by atoms with Gasteiger partial charge in [-0.05, 0) is 37.6 Å². The Labute approximate surface area is 178 Å². The number of hydrogen-bond donors (Lipinski definition) is 0. The minimum Gasteiger partial charge on any atom is -0.452 e. The topological polar surface area (TPSA) is 78.6 Å². The number of esters is 1. The lowest BCUT2D eigenvalue weighted by molar-refractivity contribution is -0.134. The molecule has 0 radical (unpaired) electrons. The van der Waals surface area contributed by atoms with E-state index in [1.54, 1.807) is 31.2 Å². The molecule has 30 heavy (non-hydrogen) atoms. The van der Waals surface area contributed by atoms with Crippen LogP contribution in [0.2, 0.25) is 5.15 Å². The summed E-state index contributed by atoms with van der Waals surface area (Å²) in [6, 6.07) is 12.5. The number of aromatic nitrogens is 1. The zero-order valence-electron chi connectivity index (χ0n) is 16.4. The highest BCUT2D eigenvalue weighted by Crippen LogP contribution is 2.39. The zero-order valence-corrected chi connectivity index (χ0v) is 17.2. The molecule has 0 aliphatic carbocycles. The summed E-state index contributed by atoms with van der Waals surface area (Å²) in [5, 5.41) is 3.80. The standard InChI is InChI=1S/C23H18ClNO5/c1-13-3-5-15(6-4-13)11-19-22(27)17-8-9-18(14(2)23(17)29-19)28-21(26)10-7-16-12-20(24)25-30-16/h3-6,8-9,11-12H,7,10H2,1-2H3/b19-11-. The molecule has 6 nitrogen and oxygen atoms in total. The molecule has 7 heteroatoms. The summed E-state index contributed by atoms with van der Waals surface area (Å²) >= 11 is 5.69. The van der Waals surface area contributed by atoms with Crippen molar-refractivity contribution in [3.63, 3.8) is 0 Å². The van der Waals surface area contributed by atoms with E-state index in [9.17, 15) is 9.59 Å². The number of halogens is 1. The number of fused-ring (bicyclic) bond motifs is 1. The number of aryl methyl sites for hydroxylation is 2. The first-order valence-electron chi connectivity index (χ1n) is 9.37. The summed E-state index contributed by atoms with van der Waals surface area (Å²) < 4.78 is 16.3. The molecule has 0 amide bonds. The Hall–Kier alpha value is -3.38. The smallest absolute Gasteiger partial charge is 0.311 e. The van der Waals surface area contributed by atoms with Crippen LogP contribution in [-0.4, -0.2) is 16.9 Å². The lowest BCUT2D eigenvalue weighted by Crippen LogP contribution is -2.10. The molecule has 0 spiro atoms. The zero-order chi connectivity index (χ0) is 21.3. The third-order valence-corrected chi connectivity index (χ3v) is 4.92. The molecule has 0 fully saturated rings. The van der Waals surface area contributed by atoms with Crippen molar-refractivity contribution < 1.29 is 23.6 Å². The predicted octanol–water partition coefficient (Wildman–Crippen LogP) is 5.10. The monoisotopic (exact) mass is 423 g/mol. The second-order valence-corrected chi connectivity index (χ2v) is 7.39. The second-order valence-electron chi connectivity index (χ2n) is 7.01. The Bertz CT molecular complexity index is 1160. The van der Waals surface area contributed by atoms with Crippen molar-refractivity contribution in [2.75, 3.05) is 0 Å². The Kier molecular flexibility index (Phi) is 5.42. The van der Waals surface area contributed by atoms with Crippen LogP contribution in [0.3, 0.4) is 0 Å². The van der Waals surface area contributed by atoms with E-state index in [0.717, 1.165) is 11.1 Å². The van der Waals surface area contributed by atoms with Crippen LogP contribution in [-0.2, 0) is 11.2 Å². The van der Waals surface area contributed by atoms with Crippen LogP contribution in [0.5, 0.6) is 11.5 Å². The molecule has 0 bridgehead atoms. The first-order chi connectivity index (χ1) is 14.4. The van der Waals surface area contributed by atoms with E-state index in [-0.39, 0.29) is 23.1 Å². The fourth-order valence-corrected chi connectivity index (χ4v) is 3.25. The van der Waals surface area contributed by atoms with Crippen molar-refractivity contribution in [1.82, 2.24) is 5.16 Å². The number of benzene rings is 2. The largest absolute Gasteiger partial charge is 0.452 e. The quantitative estimate of drug-likeness (QED) is 0.323. The van der Waals surface area contributed by atoms with Gasteiger partial charge < -0.3 is 14.0 Å². The lowest BCUT2D eigenvalue weighted by atomic mass is 10.1. The number of hydrogen-bond acceptors (Lipinski definition) is 6. The third-order valence-electron chi connectivity index (χ3n) is 4.74. The summed E-state index contributed by atoms with van der Waals surface area (Å²) in [5.41, 5.74) is 3.03. The van der Waals surface area contributed by atoms with E-state index >= 15 is 0 Å². The number of ether oxygens (including phenoxy) is 2. The molecule has 2 heterocycles. The molecule has 0 saturated heterocycles. The fraction of sp³-hybridized carbons (Fsp3) is 0.174. The fourth-order valence-electron chi connectivity index (χ4n) is 3.10. The van der Waals surface area contributed by atoms with Crippen LogP contribution in [0.25, 0.3) is 6.08 Å². The van der Waals surface area contributed by atoms with Gasteiger partial charge in [0.2, 0.25) is 5.78 Å². The summed E-state index contributed by atoms with van der Waals surface area (Å²) in [6.45, 7) is 3.75. The predicted molar refractivity (Wildman–Crippen MR) is 111 cm³/mol. The molecular formula is C23H18ClNO5. The molecule has 152 valence electrons. The van der Waals surface area contributed by atoms with E-state index < -0.39 is 5.97 Å². The average molecular weight is 424 g/mol. The minimum atomic E-state index is -0.440. The van der Waals surface area contributed by atoms with Crippen LogP contribution in [0.15, 0.2) is 52.7 Å². The molecule has 1 aliphatic rings. The second kappa shape index (κ2) is 8.16. The van der Waals surface area contributed by atoms with Crippen molar-refractivity contribution in [2.45, 2.75) is 26.7 Å². The van der Waals surface area contributed by atoms with Crippen molar-refractivity contribution >= 4 is 29.4 Å². The number of rotatable bonds is 5. The lowest BCUT2D eigenvalue weighted by Gasteiger charge is -2.09. The van der Waals surface area contributed by atoms with Crippen molar-refractivity contribution in [2.24, 2.45) is 0 Å². The van der Waals surface area contributed by atoms with Gasteiger partial charge >= 0.3 is 5.97 Å². The molecule has 0 saturated carbocycles. The van der Waals surface area contributed by atoms with Gasteiger partial charge in [0.1, 0.15) is 17.3 Å². The van der Waals surface area contributed by atoms with Crippen molar-refractivity contribution in [1.29, 1.82) is 0 Å². The molecule has 4 rings (SSSR count). The van der Waals surface area contributed by atoms with Crippen LogP contribution in [0.4, 0.5) is 0 Å². The highest BCUT2D eigenvalue weighted by Gasteiger charge is 2.30. The summed E-state index contributed by atoms with van der Waals surface area (Å²) in [5.74, 6) is 0.855. The van der Waals surface area contributed by atoms with E-state index in [4.69, 9.17) is 25.6 Å². The van der Waals surface area contributed by atoms with Crippen LogP contribution < -0.4 is 9.47 Å². The number of nitrogens with zero attached hydrogens (tertiary/aromatic N) is 1. The summed E-state index contributed by atoms with van der Waals surface area (Å²) in [4.78, 5) is 24.9. The minimum absolute atomic E-state index is 0.0976. The molecule has 2 aromatic carbocycles. The van der Waals surface area contributed by atoms with Gasteiger partial charge in [0.05, 0.1) is 12.0 Å². The molecule has 0 N–H and O–H groups in total. The maximum atomic E-state index is 12.7. The number of ketones is 1. The maximum Gasteiger partial charge on any atom is 0.311 e.